The summed E-state index contributed by atoms with van der Waals surface area (Å²) in [6.45, 7) is 12.9. The van der Waals surface area contributed by atoms with Gasteiger partial charge in [-0.3, -0.25) is 19.2 Å². The molecule has 8 heterocycles. The lowest BCUT2D eigenvalue weighted by atomic mass is 9.85. The Morgan fingerprint density at radius 3 is 1.48 bits per heavy atom. The number of hydrogen-bond donors (Lipinski definition) is 2. The number of benzene rings is 2. The summed E-state index contributed by atoms with van der Waals surface area (Å²) in [7, 11) is 0. The zero-order valence-electron chi connectivity index (χ0n) is 37.8. The average molecular weight is 895 g/mol. The number of cyclic esters (lactones) is 2. The van der Waals surface area contributed by atoms with Crippen molar-refractivity contribution in [1.29, 1.82) is 0 Å². The van der Waals surface area contributed by atoms with E-state index in [1.54, 1.807) is 49.0 Å². The average Bonchev–Trinajstić information content (AvgIpc) is 3.84. The molecule has 16 heteroatoms. The van der Waals surface area contributed by atoms with Gasteiger partial charge >= 0.3 is 23.9 Å². The van der Waals surface area contributed by atoms with Gasteiger partial charge in [0.05, 0.1) is 58.0 Å². The zero-order valence-corrected chi connectivity index (χ0v) is 37.8. The second-order valence-corrected chi connectivity index (χ2v) is 17.9. The minimum Gasteiger partial charge on any atom is -0.457 e. The number of esters is 4. The van der Waals surface area contributed by atoms with Crippen molar-refractivity contribution in [3.8, 4) is 22.8 Å². The number of carbonyl (C=O) groups excluding carboxylic acids is 4. The third-order valence-electron chi connectivity index (χ3n) is 13.2. The minimum atomic E-state index is -1.73. The van der Waals surface area contributed by atoms with Crippen LogP contribution in [-0.4, -0.2) is 55.1 Å². The van der Waals surface area contributed by atoms with Crippen LogP contribution in [0.25, 0.3) is 44.6 Å². The molecule has 10 rings (SSSR count). The molecule has 0 amide bonds. The maximum atomic E-state index is 13.5. The third-order valence-corrected chi connectivity index (χ3v) is 13.2. The largest absolute Gasteiger partial charge is 0.457 e. The lowest BCUT2D eigenvalue weighted by Crippen LogP contribution is -2.50. The van der Waals surface area contributed by atoms with Crippen LogP contribution in [0, 0.1) is 19.8 Å². The van der Waals surface area contributed by atoms with Crippen molar-refractivity contribution >= 4 is 45.7 Å². The summed E-state index contributed by atoms with van der Waals surface area (Å²) in [5, 5.41) is 2.00. The maximum Gasteiger partial charge on any atom is 0.355 e. The van der Waals surface area contributed by atoms with Gasteiger partial charge in [-0.1, -0.05) is 51.0 Å². The van der Waals surface area contributed by atoms with E-state index in [2.05, 4.69) is 12.1 Å². The number of aromatic nitrogens is 4. The summed E-state index contributed by atoms with van der Waals surface area (Å²) < 4.78 is 25.3. The van der Waals surface area contributed by atoms with Crippen LogP contribution in [0.15, 0.2) is 70.3 Å². The van der Waals surface area contributed by atoms with Crippen LogP contribution in [0.5, 0.6) is 0 Å². The first-order valence-corrected chi connectivity index (χ1v) is 22.1. The van der Waals surface area contributed by atoms with Crippen molar-refractivity contribution in [3.63, 3.8) is 0 Å². The van der Waals surface area contributed by atoms with E-state index in [9.17, 15) is 28.8 Å². The fourth-order valence-electron chi connectivity index (χ4n) is 9.30. The molecule has 6 aromatic rings. The van der Waals surface area contributed by atoms with E-state index < -0.39 is 47.2 Å². The van der Waals surface area contributed by atoms with Crippen molar-refractivity contribution in [2.45, 2.75) is 111 Å². The smallest absolute Gasteiger partial charge is 0.355 e. The Bertz CT molecular complexity index is 3230. The van der Waals surface area contributed by atoms with Gasteiger partial charge in [-0.25, -0.2) is 19.6 Å². The first-order chi connectivity index (χ1) is 31.4. The van der Waals surface area contributed by atoms with Gasteiger partial charge in [0.25, 0.3) is 11.1 Å². The molecule has 0 bridgehead atoms. The molecule has 0 aliphatic carbocycles. The number of aryl methyl sites for hydroxylation is 2. The number of fused-ring (bicyclic) bond motifs is 10. The highest BCUT2D eigenvalue weighted by molar-refractivity contribution is 5.91. The van der Waals surface area contributed by atoms with Crippen molar-refractivity contribution in [1.82, 2.24) is 19.1 Å². The molecule has 66 heavy (non-hydrogen) atoms. The summed E-state index contributed by atoms with van der Waals surface area (Å²) in [5.41, 5.74) is 17.3. The number of hydrogen-bond acceptors (Lipinski definition) is 14. The van der Waals surface area contributed by atoms with Gasteiger partial charge in [0.1, 0.15) is 25.3 Å². The molecule has 4 aromatic heterocycles. The second kappa shape index (κ2) is 16.1. The number of nitrogens with zero attached hydrogens (tertiary/aromatic N) is 4. The van der Waals surface area contributed by atoms with Gasteiger partial charge in [0, 0.05) is 33.0 Å². The molecule has 4 aliphatic heterocycles. The monoisotopic (exact) mass is 894 g/mol. The molecule has 2 aromatic carbocycles. The standard InChI is InChI=1S/C26H27N3O5.C24H23N3O5/c1-5-26(34-24(31)21(27)13(2)3)18-10-20-22-16(9-15-8-14(4)6-7-19(15)28-22)11-29(20)23(30)17(18)12-33-25(26)32;1-4-24(32-22(29)13(3)25)17-9-19-20-15(8-14-7-12(2)5-6-18(14)26-20)10-27(19)21(28)16(17)11-31-23(24)30/h6-10,13,21H,5,11-12,27H2,1-4H3;5-9,13H,4,10-11,25H2,1-3H3/t21?,26-;13?,24-/m00/s1. The molecular formula is C50H50N6O10. The Balaban J connectivity index is 0.000000166. The second-order valence-electron chi connectivity index (χ2n) is 17.9. The van der Waals surface area contributed by atoms with E-state index in [4.69, 9.17) is 40.4 Å². The van der Waals surface area contributed by atoms with Gasteiger partial charge in [-0.15, -0.1) is 0 Å². The zero-order chi connectivity index (χ0) is 47.1. The van der Waals surface area contributed by atoms with Crippen LogP contribution >= 0.6 is 0 Å². The van der Waals surface area contributed by atoms with Gasteiger partial charge in [-0.2, -0.15) is 0 Å². The molecule has 2 unspecified atom stereocenters. The fraction of sp³-hybridized carbons (Fsp3) is 0.360. The summed E-state index contributed by atoms with van der Waals surface area (Å²) in [4.78, 5) is 87.7. The first kappa shape index (κ1) is 44.2. The Morgan fingerprint density at radius 1 is 0.667 bits per heavy atom. The molecule has 16 nitrogen and oxygen atoms in total. The highest BCUT2D eigenvalue weighted by atomic mass is 16.6. The van der Waals surface area contributed by atoms with Gasteiger partial charge in [0.15, 0.2) is 0 Å². The lowest BCUT2D eigenvalue weighted by molar-refractivity contribution is -0.190. The lowest BCUT2D eigenvalue weighted by Gasteiger charge is -2.36. The Kier molecular flexibility index (Phi) is 10.8. The Hall–Kier alpha value is -7.04. The molecule has 4 aliphatic rings. The summed E-state index contributed by atoms with van der Waals surface area (Å²) >= 11 is 0. The molecule has 340 valence electrons. The SMILES string of the molecule is CC[C@@]1(OC(=O)C(C)N)C(=O)OCc2c1cc1n(c2=O)Cc2cc3cc(C)ccc3nc2-1.CC[C@@]1(OC(=O)C(N)C(C)C)C(=O)OCc2c1cc1n(c2=O)Cc2cc3cc(C)ccc3nc2-1. The van der Waals surface area contributed by atoms with Crippen molar-refractivity contribution < 1.29 is 38.1 Å². The molecule has 0 spiro atoms. The topological polar surface area (TPSA) is 227 Å². The third kappa shape index (κ3) is 6.88. The van der Waals surface area contributed by atoms with E-state index in [1.807, 2.05) is 50.2 Å². The molecule has 0 fully saturated rings. The predicted octanol–water partition coefficient (Wildman–Crippen LogP) is 5.21. The molecule has 0 saturated carbocycles. The van der Waals surface area contributed by atoms with E-state index in [0.29, 0.717) is 58.1 Å². The Labute approximate surface area is 378 Å². The summed E-state index contributed by atoms with van der Waals surface area (Å²) in [5.74, 6) is -3.03. The fourth-order valence-corrected chi connectivity index (χ4v) is 9.30. The van der Waals surface area contributed by atoms with Crippen LogP contribution in [0.4, 0.5) is 0 Å². The summed E-state index contributed by atoms with van der Waals surface area (Å²) in [6, 6.07) is 17.8. The van der Waals surface area contributed by atoms with Gasteiger partial charge in [-0.05, 0) is 88.1 Å². The molecule has 0 radical (unpaired) electrons. The normalized spacial score (nSPS) is 19.5. The molecule has 0 saturated heterocycles. The van der Waals surface area contributed by atoms with E-state index in [0.717, 1.165) is 44.1 Å². The van der Waals surface area contributed by atoms with E-state index in [-0.39, 0.29) is 43.1 Å². The highest BCUT2D eigenvalue weighted by Crippen LogP contribution is 2.43. The number of ether oxygens (including phenoxy) is 4. The van der Waals surface area contributed by atoms with Crippen molar-refractivity contribution in [3.05, 3.63) is 126 Å². The van der Waals surface area contributed by atoms with Crippen LogP contribution in [0.2, 0.25) is 0 Å². The van der Waals surface area contributed by atoms with Crippen molar-refractivity contribution in [2.75, 3.05) is 0 Å². The van der Waals surface area contributed by atoms with Crippen LogP contribution in [0.3, 0.4) is 0 Å². The van der Waals surface area contributed by atoms with Gasteiger partial charge < -0.3 is 39.5 Å². The minimum absolute atomic E-state index is 0.107. The summed E-state index contributed by atoms with van der Waals surface area (Å²) in [6.07, 6.45) is 0.215. The van der Waals surface area contributed by atoms with E-state index >= 15 is 0 Å². The molecule has 4 N–H and O–H groups in total. The van der Waals surface area contributed by atoms with Crippen LogP contribution in [-0.2, 0) is 75.6 Å². The molecular weight excluding hydrogens is 845 g/mol. The predicted molar refractivity (Wildman–Crippen MR) is 243 cm³/mol. The quantitative estimate of drug-likeness (QED) is 0.155. The number of carbonyl (C=O) groups is 4. The van der Waals surface area contributed by atoms with Crippen molar-refractivity contribution in [2.24, 2.45) is 17.4 Å². The van der Waals surface area contributed by atoms with Crippen LogP contribution in [0.1, 0.15) is 92.0 Å². The maximum absolute atomic E-state index is 13.5. The number of pyridine rings is 4. The Morgan fingerprint density at radius 2 is 1.09 bits per heavy atom. The molecule has 4 atom stereocenters. The highest BCUT2D eigenvalue weighted by Gasteiger charge is 2.52. The number of rotatable bonds is 7. The number of nitrogens with two attached hydrogens (primary N) is 2. The van der Waals surface area contributed by atoms with Gasteiger partial charge in [0.2, 0.25) is 11.2 Å². The van der Waals surface area contributed by atoms with E-state index in [1.165, 1.54) is 6.92 Å². The van der Waals surface area contributed by atoms with Crippen LogP contribution < -0.4 is 22.6 Å². The first-order valence-electron chi connectivity index (χ1n) is 22.1.